The number of rotatable bonds is 4. The van der Waals surface area contributed by atoms with Gasteiger partial charge in [-0.1, -0.05) is 6.42 Å². The van der Waals surface area contributed by atoms with Crippen LogP contribution in [0.15, 0.2) is 18.2 Å². The van der Waals surface area contributed by atoms with Crippen LogP contribution in [0.3, 0.4) is 0 Å². The molecule has 0 aromatic heterocycles. The summed E-state index contributed by atoms with van der Waals surface area (Å²) in [5, 5.41) is 9.47. The number of hydrogen-bond acceptors (Lipinski definition) is 3. The first-order valence-electron chi connectivity index (χ1n) is 6.58. The van der Waals surface area contributed by atoms with Gasteiger partial charge in [0.2, 0.25) is 5.91 Å². The van der Waals surface area contributed by atoms with Gasteiger partial charge in [-0.15, -0.1) is 0 Å². The summed E-state index contributed by atoms with van der Waals surface area (Å²) >= 11 is 0. The zero-order chi connectivity index (χ0) is 14.0. The lowest BCUT2D eigenvalue weighted by Gasteiger charge is -2.41. The van der Waals surface area contributed by atoms with Crippen molar-refractivity contribution in [3.8, 4) is 5.75 Å². The molecule has 1 aliphatic rings. The topological polar surface area (TPSA) is 49.8 Å². The van der Waals surface area contributed by atoms with Crippen molar-refractivity contribution >= 4 is 11.6 Å². The van der Waals surface area contributed by atoms with Crippen molar-refractivity contribution in [2.45, 2.75) is 26.2 Å². The second-order valence-corrected chi connectivity index (χ2v) is 5.31. The van der Waals surface area contributed by atoms with Crippen LogP contribution in [0.1, 0.15) is 24.8 Å². The second kappa shape index (κ2) is 5.21. The third kappa shape index (κ3) is 2.32. The molecule has 19 heavy (non-hydrogen) atoms. The van der Waals surface area contributed by atoms with Gasteiger partial charge < -0.3 is 14.7 Å². The Morgan fingerprint density at radius 1 is 1.47 bits per heavy atom. The van der Waals surface area contributed by atoms with Gasteiger partial charge in [-0.3, -0.25) is 4.79 Å². The number of carbonyl (C=O) groups is 1. The highest BCUT2D eigenvalue weighted by Gasteiger charge is 2.45. The summed E-state index contributed by atoms with van der Waals surface area (Å²) in [6.45, 7) is 1.89. The van der Waals surface area contributed by atoms with E-state index in [0.29, 0.717) is 0 Å². The summed E-state index contributed by atoms with van der Waals surface area (Å²) in [6, 6.07) is 5.66. The van der Waals surface area contributed by atoms with E-state index in [-0.39, 0.29) is 12.5 Å². The first-order chi connectivity index (χ1) is 9.04. The third-order valence-electron chi connectivity index (χ3n) is 4.14. The largest absolute Gasteiger partial charge is 0.496 e. The van der Waals surface area contributed by atoms with Gasteiger partial charge in [0.05, 0.1) is 19.1 Å². The van der Waals surface area contributed by atoms with Crippen molar-refractivity contribution in [3.63, 3.8) is 0 Å². The molecule has 1 N–H and O–H groups in total. The Labute approximate surface area is 114 Å². The normalized spacial score (nSPS) is 16.6. The number of carbonyl (C=O) groups excluding carboxylic acids is 1. The summed E-state index contributed by atoms with van der Waals surface area (Å²) in [6.07, 6.45) is 2.57. The number of anilines is 1. The SMILES string of the molecule is COc1ccc(N(C)C(=O)C2(CO)CCC2)cc1C. The number of ether oxygens (including phenoxy) is 1. The minimum atomic E-state index is -0.553. The van der Waals surface area contributed by atoms with Gasteiger partial charge in [0.1, 0.15) is 5.75 Å². The molecular formula is C15H21NO3. The van der Waals surface area contributed by atoms with Crippen molar-refractivity contribution in [2.75, 3.05) is 25.7 Å². The molecule has 4 nitrogen and oxygen atoms in total. The summed E-state index contributed by atoms with van der Waals surface area (Å²) in [5.74, 6) is 0.816. The Morgan fingerprint density at radius 2 is 2.16 bits per heavy atom. The van der Waals surface area contributed by atoms with Crippen LogP contribution in [0.4, 0.5) is 5.69 Å². The van der Waals surface area contributed by atoms with Crippen LogP contribution in [-0.2, 0) is 4.79 Å². The predicted molar refractivity (Wildman–Crippen MR) is 74.5 cm³/mol. The first kappa shape index (κ1) is 13.9. The summed E-state index contributed by atoms with van der Waals surface area (Å²) in [4.78, 5) is 14.1. The quantitative estimate of drug-likeness (QED) is 0.905. The van der Waals surface area contributed by atoms with Gasteiger partial charge in [0.15, 0.2) is 0 Å². The molecule has 0 radical (unpaired) electrons. The number of aliphatic hydroxyl groups is 1. The fourth-order valence-corrected chi connectivity index (χ4v) is 2.59. The summed E-state index contributed by atoms with van der Waals surface area (Å²) < 4.78 is 5.22. The maximum atomic E-state index is 12.5. The number of methoxy groups -OCH3 is 1. The van der Waals surface area contributed by atoms with E-state index in [4.69, 9.17) is 4.74 Å². The van der Waals surface area contributed by atoms with Gasteiger partial charge >= 0.3 is 0 Å². The lowest BCUT2D eigenvalue weighted by molar-refractivity contribution is -0.136. The van der Waals surface area contributed by atoms with Crippen LogP contribution in [0.25, 0.3) is 0 Å². The minimum absolute atomic E-state index is 0.00539. The average Bonchev–Trinajstić information content (AvgIpc) is 2.37. The van der Waals surface area contributed by atoms with E-state index in [1.807, 2.05) is 25.1 Å². The second-order valence-electron chi connectivity index (χ2n) is 5.31. The molecule has 2 rings (SSSR count). The molecule has 1 aromatic rings. The Hall–Kier alpha value is -1.55. The maximum absolute atomic E-state index is 12.5. The molecule has 1 aromatic carbocycles. The van der Waals surface area contributed by atoms with E-state index in [0.717, 1.165) is 36.3 Å². The lowest BCUT2D eigenvalue weighted by atomic mass is 9.68. The fraction of sp³-hybridized carbons (Fsp3) is 0.533. The molecule has 0 bridgehead atoms. The predicted octanol–water partition coefficient (Wildman–Crippen LogP) is 2.13. The summed E-state index contributed by atoms with van der Waals surface area (Å²) in [7, 11) is 3.39. The van der Waals surface area contributed by atoms with Gasteiger partial charge in [0, 0.05) is 12.7 Å². The molecular weight excluding hydrogens is 242 g/mol. The highest BCUT2D eigenvalue weighted by molar-refractivity contribution is 5.98. The summed E-state index contributed by atoms with van der Waals surface area (Å²) in [5.41, 5.74) is 1.28. The number of benzene rings is 1. The maximum Gasteiger partial charge on any atom is 0.235 e. The van der Waals surface area contributed by atoms with Crippen molar-refractivity contribution in [1.29, 1.82) is 0 Å². The molecule has 0 heterocycles. The molecule has 0 unspecified atom stereocenters. The van der Waals surface area contributed by atoms with E-state index in [2.05, 4.69) is 0 Å². The highest BCUT2D eigenvalue weighted by Crippen LogP contribution is 2.42. The number of amides is 1. The van der Waals surface area contributed by atoms with Crippen LogP contribution < -0.4 is 9.64 Å². The van der Waals surface area contributed by atoms with Gasteiger partial charge in [-0.05, 0) is 43.5 Å². The molecule has 1 fully saturated rings. The standard InChI is InChI=1S/C15H21NO3/c1-11-9-12(5-6-13(11)19-3)16(2)14(18)15(10-17)7-4-8-15/h5-6,9,17H,4,7-8,10H2,1-3H3. The van der Waals surface area contributed by atoms with E-state index < -0.39 is 5.41 Å². The third-order valence-corrected chi connectivity index (χ3v) is 4.14. The van der Waals surface area contributed by atoms with Crippen LogP contribution in [0, 0.1) is 12.3 Å². The van der Waals surface area contributed by atoms with E-state index in [9.17, 15) is 9.90 Å². The molecule has 104 valence electrons. The number of nitrogens with zero attached hydrogens (tertiary/aromatic N) is 1. The Kier molecular flexibility index (Phi) is 3.80. The monoisotopic (exact) mass is 263 g/mol. The highest BCUT2D eigenvalue weighted by atomic mass is 16.5. The molecule has 1 saturated carbocycles. The van der Waals surface area contributed by atoms with E-state index in [1.54, 1.807) is 19.1 Å². The molecule has 0 saturated heterocycles. The molecule has 0 atom stereocenters. The van der Waals surface area contributed by atoms with Gasteiger partial charge in [-0.25, -0.2) is 0 Å². The number of aryl methyl sites for hydroxylation is 1. The van der Waals surface area contributed by atoms with E-state index in [1.165, 1.54) is 0 Å². The minimum Gasteiger partial charge on any atom is -0.496 e. The van der Waals surface area contributed by atoms with Crippen molar-refractivity contribution in [3.05, 3.63) is 23.8 Å². The van der Waals surface area contributed by atoms with Crippen molar-refractivity contribution in [2.24, 2.45) is 5.41 Å². The molecule has 4 heteroatoms. The molecule has 1 aliphatic carbocycles. The average molecular weight is 263 g/mol. The fourth-order valence-electron chi connectivity index (χ4n) is 2.59. The first-order valence-corrected chi connectivity index (χ1v) is 6.58. The lowest BCUT2D eigenvalue weighted by Crippen LogP contribution is -2.49. The van der Waals surface area contributed by atoms with E-state index >= 15 is 0 Å². The van der Waals surface area contributed by atoms with Crippen molar-refractivity contribution < 1.29 is 14.6 Å². The Balaban J connectivity index is 2.22. The van der Waals surface area contributed by atoms with Gasteiger partial charge in [0.25, 0.3) is 0 Å². The van der Waals surface area contributed by atoms with Crippen molar-refractivity contribution in [1.82, 2.24) is 0 Å². The number of aliphatic hydroxyl groups excluding tert-OH is 1. The van der Waals surface area contributed by atoms with Crippen LogP contribution in [0.5, 0.6) is 5.75 Å². The van der Waals surface area contributed by atoms with Crippen LogP contribution in [0.2, 0.25) is 0 Å². The van der Waals surface area contributed by atoms with Gasteiger partial charge in [-0.2, -0.15) is 0 Å². The number of hydrogen-bond donors (Lipinski definition) is 1. The Bertz CT molecular complexity index is 475. The van der Waals surface area contributed by atoms with Crippen LogP contribution in [-0.4, -0.2) is 31.8 Å². The van der Waals surface area contributed by atoms with Crippen LogP contribution >= 0.6 is 0 Å². The Morgan fingerprint density at radius 3 is 2.58 bits per heavy atom. The smallest absolute Gasteiger partial charge is 0.235 e. The zero-order valence-electron chi connectivity index (χ0n) is 11.8. The molecule has 0 aliphatic heterocycles. The zero-order valence-corrected chi connectivity index (χ0v) is 11.8. The molecule has 0 spiro atoms. The molecule has 1 amide bonds.